The van der Waals surface area contributed by atoms with E-state index < -0.39 is 3.79 Å². The van der Waals surface area contributed by atoms with Gasteiger partial charge in [-0.25, -0.2) is 0 Å². The van der Waals surface area contributed by atoms with E-state index in [1.165, 1.54) is 0 Å². The molecule has 0 bridgehead atoms. The summed E-state index contributed by atoms with van der Waals surface area (Å²) in [4.78, 5) is 14.7. The van der Waals surface area contributed by atoms with Crippen LogP contribution in [0.25, 0.3) is 0 Å². The van der Waals surface area contributed by atoms with Gasteiger partial charge in [-0.2, -0.15) is 15.0 Å². The van der Waals surface area contributed by atoms with Crippen LogP contribution >= 0.6 is 58.0 Å². The summed E-state index contributed by atoms with van der Waals surface area (Å²) in [5.74, 6) is 0.497. The molecule has 6 nitrogen and oxygen atoms in total. The number of rotatable bonds is 6. The first-order valence-electron chi connectivity index (χ1n) is 7.51. The molecule has 0 fully saturated rings. The molecule has 0 spiro atoms. The van der Waals surface area contributed by atoms with Crippen molar-refractivity contribution in [2.45, 2.75) is 16.8 Å². The van der Waals surface area contributed by atoms with Crippen LogP contribution in [0.2, 0.25) is 10.0 Å². The lowest BCUT2D eigenvalue weighted by Crippen LogP contribution is -2.30. The van der Waals surface area contributed by atoms with Gasteiger partial charge in [0.05, 0.1) is 10.0 Å². The van der Waals surface area contributed by atoms with Crippen molar-refractivity contribution in [2.75, 3.05) is 31.3 Å². The fourth-order valence-corrected chi connectivity index (χ4v) is 2.69. The number of likely N-dealkylation sites (N-methyl/N-ethyl adjacent to an activating group) is 1. The van der Waals surface area contributed by atoms with Gasteiger partial charge < -0.3 is 15.5 Å². The Labute approximate surface area is 177 Å². The van der Waals surface area contributed by atoms with Gasteiger partial charge in [0, 0.05) is 18.3 Å². The van der Waals surface area contributed by atoms with Gasteiger partial charge in [0.2, 0.25) is 15.7 Å². The van der Waals surface area contributed by atoms with E-state index in [0.29, 0.717) is 21.7 Å². The Morgan fingerprint density at radius 1 is 1.04 bits per heavy atom. The number of anilines is 3. The van der Waals surface area contributed by atoms with E-state index in [-0.39, 0.29) is 17.8 Å². The fraction of sp³-hybridized carbons (Fsp3) is 0.400. The zero-order chi connectivity index (χ0) is 19.5. The first-order chi connectivity index (χ1) is 12.0. The molecule has 1 heterocycles. The van der Waals surface area contributed by atoms with Crippen molar-refractivity contribution in [1.82, 2.24) is 19.9 Å². The molecule has 0 amide bonds. The van der Waals surface area contributed by atoms with E-state index >= 15 is 0 Å². The molecule has 1 unspecified atom stereocenters. The van der Waals surface area contributed by atoms with Crippen molar-refractivity contribution < 1.29 is 0 Å². The van der Waals surface area contributed by atoms with Crippen molar-refractivity contribution in [1.29, 1.82) is 0 Å². The van der Waals surface area contributed by atoms with E-state index in [9.17, 15) is 0 Å². The molecule has 0 aliphatic heterocycles. The summed E-state index contributed by atoms with van der Waals surface area (Å²) >= 11 is 29.8. The van der Waals surface area contributed by atoms with E-state index in [0.717, 1.165) is 6.54 Å². The molecule has 2 aromatic rings. The minimum Gasteiger partial charge on any atom is -0.350 e. The number of halogens is 5. The maximum Gasteiger partial charge on any atom is 0.250 e. The molecular weight excluding hydrogens is 441 g/mol. The molecule has 0 aliphatic rings. The summed E-state index contributed by atoms with van der Waals surface area (Å²) in [6.45, 7) is 2.76. The molecule has 0 radical (unpaired) electrons. The van der Waals surface area contributed by atoms with E-state index in [1.54, 1.807) is 18.2 Å². The van der Waals surface area contributed by atoms with Crippen LogP contribution in [0.1, 0.15) is 12.7 Å². The lowest BCUT2D eigenvalue weighted by molar-refractivity contribution is 0.391. The highest BCUT2D eigenvalue weighted by Crippen LogP contribution is 2.36. The number of aromatic nitrogens is 3. The molecule has 0 saturated carbocycles. The second-order valence-electron chi connectivity index (χ2n) is 5.87. The van der Waals surface area contributed by atoms with Gasteiger partial charge in [-0.15, -0.1) is 0 Å². The number of nitrogens with zero attached hydrogens (tertiary/aromatic N) is 4. The molecule has 142 valence electrons. The molecule has 26 heavy (non-hydrogen) atoms. The summed E-state index contributed by atoms with van der Waals surface area (Å²) in [6.07, 6.45) is 0. The highest BCUT2D eigenvalue weighted by Gasteiger charge is 2.28. The molecule has 1 atom stereocenters. The average Bonchev–Trinajstić information content (AvgIpc) is 2.49. The van der Waals surface area contributed by atoms with Gasteiger partial charge >= 0.3 is 0 Å². The smallest absolute Gasteiger partial charge is 0.250 e. The molecule has 2 N–H and O–H groups in total. The van der Waals surface area contributed by atoms with Gasteiger partial charge in [-0.3, -0.25) is 0 Å². The van der Waals surface area contributed by atoms with Crippen molar-refractivity contribution in [3.05, 3.63) is 34.1 Å². The van der Waals surface area contributed by atoms with Crippen molar-refractivity contribution in [3.63, 3.8) is 0 Å². The number of hydrogen-bond acceptors (Lipinski definition) is 6. The van der Waals surface area contributed by atoms with Crippen LogP contribution < -0.4 is 10.6 Å². The Balaban J connectivity index is 2.32. The van der Waals surface area contributed by atoms with E-state index in [2.05, 4.69) is 25.6 Å². The molecule has 2 rings (SSSR count). The van der Waals surface area contributed by atoms with Crippen LogP contribution in [0.15, 0.2) is 18.2 Å². The van der Waals surface area contributed by atoms with Gasteiger partial charge in [-0.1, -0.05) is 58.0 Å². The van der Waals surface area contributed by atoms with Gasteiger partial charge in [0.1, 0.15) is 0 Å². The second-order valence-corrected chi connectivity index (χ2v) is 8.96. The van der Waals surface area contributed by atoms with Gasteiger partial charge in [0.15, 0.2) is 5.82 Å². The fourth-order valence-electron chi connectivity index (χ4n) is 2.14. The third-order valence-corrected chi connectivity index (χ3v) is 4.33. The quantitative estimate of drug-likeness (QED) is 0.587. The highest BCUT2D eigenvalue weighted by molar-refractivity contribution is 6.66. The third-order valence-electron chi connectivity index (χ3n) is 3.08. The first-order valence-corrected chi connectivity index (χ1v) is 9.40. The number of nitrogens with one attached hydrogen (secondary N) is 2. The zero-order valence-corrected chi connectivity index (χ0v) is 18.0. The van der Waals surface area contributed by atoms with E-state index in [1.807, 2.05) is 25.9 Å². The average molecular weight is 459 g/mol. The number of hydrogen-bond donors (Lipinski definition) is 2. The lowest BCUT2D eigenvalue weighted by Gasteiger charge is -2.19. The SMILES string of the molecule is CC(CN(C)C)Nc1nc(Nc2ccc(Cl)c(Cl)c2)nc(C(Cl)(Cl)Cl)n1. The Morgan fingerprint density at radius 2 is 1.69 bits per heavy atom. The second kappa shape index (κ2) is 8.95. The summed E-state index contributed by atoms with van der Waals surface area (Å²) < 4.78 is -1.79. The van der Waals surface area contributed by atoms with Crippen molar-refractivity contribution in [2.24, 2.45) is 0 Å². The van der Waals surface area contributed by atoms with Crippen LogP contribution in [0.5, 0.6) is 0 Å². The van der Waals surface area contributed by atoms with Gasteiger partial charge in [0.25, 0.3) is 0 Å². The van der Waals surface area contributed by atoms with Crippen molar-refractivity contribution >= 4 is 75.6 Å². The zero-order valence-electron chi connectivity index (χ0n) is 14.2. The minimum atomic E-state index is -1.79. The maximum absolute atomic E-state index is 6.03. The molecular formula is C15H17Cl5N6. The molecule has 11 heteroatoms. The summed E-state index contributed by atoms with van der Waals surface area (Å²) in [6, 6.07) is 5.09. The molecule has 1 aromatic heterocycles. The molecule has 0 saturated heterocycles. The van der Waals surface area contributed by atoms with Gasteiger partial charge in [-0.05, 0) is 39.2 Å². The van der Waals surface area contributed by atoms with Crippen molar-refractivity contribution in [3.8, 4) is 0 Å². The van der Waals surface area contributed by atoms with Crippen LogP contribution in [0, 0.1) is 0 Å². The number of benzene rings is 1. The third kappa shape index (κ3) is 6.44. The van der Waals surface area contributed by atoms with E-state index in [4.69, 9.17) is 58.0 Å². The first kappa shape index (κ1) is 21.5. The van der Waals surface area contributed by atoms with Crippen LogP contribution in [0.4, 0.5) is 17.6 Å². The predicted molar refractivity (Wildman–Crippen MR) is 110 cm³/mol. The Bertz CT molecular complexity index is 765. The Morgan fingerprint density at radius 3 is 2.27 bits per heavy atom. The standard InChI is InChI=1S/C15H17Cl5N6/c1-8(7-26(2)3)21-13-23-12(15(18,19)20)24-14(25-13)22-9-4-5-10(16)11(17)6-9/h4-6,8H,7H2,1-3H3,(H2,21,22,23,24,25). The largest absolute Gasteiger partial charge is 0.350 e. The maximum atomic E-state index is 6.03. The topological polar surface area (TPSA) is 66.0 Å². The Hall–Kier alpha value is -0.760. The monoisotopic (exact) mass is 456 g/mol. The number of alkyl halides is 3. The molecule has 1 aromatic carbocycles. The van der Waals surface area contributed by atoms with Crippen LogP contribution in [0.3, 0.4) is 0 Å². The summed E-state index contributed by atoms with van der Waals surface area (Å²) in [7, 11) is 3.94. The van der Waals surface area contributed by atoms with Crippen LogP contribution in [-0.2, 0) is 3.79 Å². The predicted octanol–water partition coefficient (Wildman–Crippen LogP) is 5.11. The summed E-state index contributed by atoms with van der Waals surface area (Å²) in [5.41, 5.74) is 0.633. The highest BCUT2D eigenvalue weighted by atomic mass is 35.6. The molecule has 0 aliphatic carbocycles. The normalized spacial score (nSPS) is 13.0. The minimum absolute atomic E-state index is 0.000358. The Kier molecular flexibility index (Phi) is 7.42. The lowest BCUT2D eigenvalue weighted by atomic mass is 10.3. The van der Waals surface area contributed by atoms with Crippen LogP contribution in [-0.4, -0.2) is 46.5 Å². The summed E-state index contributed by atoms with van der Waals surface area (Å²) in [5, 5.41) is 7.01.